The lowest BCUT2D eigenvalue weighted by atomic mass is 10.1. The zero-order chi connectivity index (χ0) is 8.81. The monoisotopic (exact) mass is 170 g/mol. The van der Waals surface area contributed by atoms with Gasteiger partial charge in [-0.1, -0.05) is 6.92 Å². The third kappa shape index (κ3) is 4.73. The van der Waals surface area contributed by atoms with Gasteiger partial charge in [-0.2, -0.15) is 0 Å². The van der Waals surface area contributed by atoms with Gasteiger partial charge in [0.05, 0.1) is 0 Å². The zero-order valence-electron chi connectivity index (χ0n) is 8.40. The smallest absolute Gasteiger partial charge is 0.00682 e. The first kappa shape index (κ1) is 10.0. The summed E-state index contributed by atoms with van der Waals surface area (Å²) in [5.74, 6) is 0.830. The standard InChI is InChI=1S/C10H22N2/c1-9(8-11-2)4-3-7-12-10-5-6-10/h9-12H,3-8H2,1-2H3. The Kier molecular flexibility index (Phi) is 4.62. The molecule has 2 nitrogen and oxygen atoms in total. The second kappa shape index (κ2) is 5.55. The summed E-state index contributed by atoms with van der Waals surface area (Å²) in [5.41, 5.74) is 0. The molecule has 0 heterocycles. The summed E-state index contributed by atoms with van der Waals surface area (Å²) in [6, 6.07) is 0.879. The molecular formula is C10H22N2. The van der Waals surface area contributed by atoms with Gasteiger partial charge in [-0.15, -0.1) is 0 Å². The van der Waals surface area contributed by atoms with Crippen molar-refractivity contribution in [1.82, 2.24) is 10.6 Å². The highest BCUT2D eigenvalue weighted by Crippen LogP contribution is 2.18. The molecule has 0 aromatic rings. The number of hydrogen-bond donors (Lipinski definition) is 2. The van der Waals surface area contributed by atoms with Crippen LogP contribution in [0.1, 0.15) is 32.6 Å². The van der Waals surface area contributed by atoms with E-state index < -0.39 is 0 Å². The largest absolute Gasteiger partial charge is 0.319 e. The van der Waals surface area contributed by atoms with E-state index in [1.54, 1.807) is 0 Å². The molecule has 2 N–H and O–H groups in total. The first-order valence-corrected chi connectivity index (χ1v) is 5.21. The molecule has 1 fully saturated rings. The van der Waals surface area contributed by atoms with Crippen molar-refractivity contribution in [3.8, 4) is 0 Å². The molecule has 1 saturated carbocycles. The van der Waals surface area contributed by atoms with Crippen LogP contribution in [0, 0.1) is 5.92 Å². The number of hydrogen-bond acceptors (Lipinski definition) is 2. The van der Waals surface area contributed by atoms with Crippen LogP contribution in [0.15, 0.2) is 0 Å². The molecule has 1 unspecified atom stereocenters. The van der Waals surface area contributed by atoms with Crippen molar-refractivity contribution >= 4 is 0 Å². The first-order valence-electron chi connectivity index (χ1n) is 5.21. The molecule has 12 heavy (non-hydrogen) atoms. The summed E-state index contributed by atoms with van der Waals surface area (Å²) in [7, 11) is 2.03. The molecule has 2 heteroatoms. The van der Waals surface area contributed by atoms with Gasteiger partial charge in [-0.05, 0) is 51.7 Å². The van der Waals surface area contributed by atoms with E-state index in [9.17, 15) is 0 Å². The van der Waals surface area contributed by atoms with Crippen LogP contribution in [-0.2, 0) is 0 Å². The Labute approximate surface area is 76.1 Å². The fourth-order valence-corrected chi connectivity index (χ4v) is 1.49. The molecule has 1 aliphatic rings. The molecule has 1 aliphatic carbocycles. The fraction of sp³-hybridized carbons (Fsp3) is 1.00. The average Bonchev–Trinajstić information content (AvgIpc) is 2.82. The van der Waals surface area contributed by atoms with E-state index in [2.05, 4.69) is 17.6 Å². The van der Waals surface area contributed by atoms with Crippen molar-refractivity contribution in [2.24, 2.45) is 5.92 Å². The lowest BCUT2D eigenvalue weighted by molar-refractivity contribution is 0.473. The molecule has 0 spiro atoms. The van der Waals surface area contributed by atoms with Crippen LogP contribution in [0.25, 0.3) is 0 Å². The molecule has 72 valence electrons. The summed E-state index contributed by atoms with van der Waals surface area (Å²) in [5, 5.41) is 6.74. The van der Waals surface area contributed by atoms with Crippen LogP contribution in [-0.4, -0.2) is 26.2 Å². The maximum absolute atomic E-state index is 3.53. The van der Waals surface area contributed by atoms with E-state index in [1.807, 2.05) is 7.05 Å². The molecule has 0 bridgehead atoms. The maximum Gasteiger partial charge on any atom is 0.00682 e. The Morgan fingerprint density at radius 2 is 2.17 bits per heavy atom. The highest BCUT2D eigenvalue weighted by molar-refractivity contribution is 4.80. The summed E-state index contributed by atoms with van der Waals surface area (Å²) < 4.78 is 0. The lowest BCUT2D eigenvalue weighted by Gasteiger charge is -2.10. The predicted octanol–water partition coefficient (Wildman–Crippen LogP) is 1.37. The van der Waals surface area contributed by atoms with Gasteiger partial charge in [0.2, 0.25) is 0 Å². The van der Waals surface area contributed by atoms with Gasteiger partial charge in [-0.3, -0.25) is 0 Å². The Hall–Kier alpha value is -0.0800. The summed E-state index contributed by atoms with van der Waals surface area (Å²) >= 11 is 0. The summed E-state index contributed by atoms with van der Waals surface area (Å²) in [6.07, 6.45) is 5.50. The minimum Gasteiger partial charge on any atom is -0.319 e. The first-order chi connectivity index (χ1) is 5.83. The van der Waals surface area contributed by atoms with Crippen LogP contribution in [0.3, 0.4) is 0 Å². The predicted molar refractivity (Wildman–Crippen MR) is 53.3 cm³/mol. The van der Waals surface area contributed by atoms with E-state index in [1.165, 1.54) is 32.2 Å². The molecule has 0 saturated heterocycles. The third-order valence-electron chi connectivity index (χ3n) is 2.44. The van der Waals surface area contributed by atoms with Gasteiger partial charge in [-0.25, -0.2) is 0 Å². The van der Waals surface area contributed by atoms with Crippen molar-refractivity contribution in [2.75, 3.05) is 20.1 Å². The third-order valence-corrected chi connectivity index (χ3v) is 2.44. The number of nitrogens with one attached hydrogen (secondary N) is 2. The van der Waals surface area contributed by atoms with Crippen LogP contribution in [0.4, 0.5) is 0 Å². The minimum atomic E-state index is 0.830. The molecule has 1 rings (SSSR count). The zero-order valence-corrected chi connectivity index (χ0v) is 8.40. The SMILES string of the molecule is CNCC(C)CCCNC1CC1. The topological polar surface area (TPSA) is 24.1 Å². The summed E-state index contributed by atoms with van der Waals surface area (Å²) in [6.45, 7) is 4.69. The van der Waals surface area contributed by atoms with Crippen LogP contribution >= 0.6 is 0 Å². The molecule has 0 aromatic carbocycles. The van der Waals surface area contributed by atoms with Gasteiger partial charge in [0.1, 0.15) is 0 Å². The normalized spacial score (nSPS) is 19.5. The van der Waals surface area contributed by atoms with Gasteiger partial charge in [0.25, 0.3) is 0 Å². The van der Waals surface area contributed by atoms with Gasteiger partial charge < -0.3 is 10.6 Å². The van der Waals surface area contributed by atoms with Crippen LogP contribution < -0.4 is 10.6 Å². The molecule has 1 atom stereocenters. The Balaban J connectivity index is 1.80. The van der Waals surface area contributed by atoms with E-state index in [-0.39, 0.29) is 0 Å². The molecule has 0 aliphatic heterocycles. The van der Waals surface area contributed by atoms with Crippen LogP contribution in [0.5, 0.6) is 0 Å². The molecule has 0 aromatic heterocycles. The van der Waals surface area contributed by atoms with Crippen molar-refractivity contribution in [2.45, 2.75) is 38.6 Å². The van der Waals surface area contributed by atoms with Crippen LogP contribution in [0.2, 0.25) is 0 Å². The van der Waals surface area contributed by atoms with Gasteiger partial charge >= 0.3 is 0 Å². The quantitative estimate of drug-likeness (QED) is 0.564. The summed E-state index contributed by atoms with van der Waals surface area (Å²) in [4.78, 5) is 0. The van der Waals surface area contributed by atoms with E-state index in [0.29, 0.717) is 0 Å². The Morgan fingerprint density at radius 1 is 1.42 bits per heavy atom. The molecular weight excluding hydrogens is 148 g/mol. The lowest BCUT2D eigenvalue weighted by Crippen LogP contribution is -2.20. The molecule has 0 radical (unpaired) electrons. The number of rotatable bonds is 7. The highest BCUT2D eigenvalue weighted by atomic mass is 14.9. The van der Waals surface area contributed by atoms with Crippen molar-refractivity contribution in [1.29, 1.82) is 0 Å². The average molecular weight is 170 g/mol. The van der Waals surface area contributed by atoms with Crippen molar-refractivity contribution < 1.29 is 0 Å². The van der Waals surface area contributed by atoms with Crippen molar-refractivity contribution in [3.05, 3.63) is 0 Å². The second-order valence-corrected chi connectivity index (χ2v) is 4.03. The second-order valence-electron chi connectivity index (χ2n) is 4.03. The Bertz CT molecular complexity index is 110. The minimum absolute atomic E-state index is 0.830. The van der Waals surface area contributed by atoms with Crippen molar-refractivity contribution in [3.63, 3.8) is 0 Å². The fourth-order valence-electron chi connectivity index (χ4n) is 1.49. The van der Waals surface area contributed by atoms with E-state index >= 15 is 0 Å². The Morgan fingerprint density at radius 3 is 2.75 bits per heavy atom. The van der Waals surface area contributed by atoms with Gasteiger partial charge in [0, 0.05) is 6.04 Å². The van der Waals surface area contributed by atoms with E-state index in [0.717, 1.165) is 18.5 Å². The highest BCUT2D eigenvalue weighted by Gasteiger charge is 2.19. The van der Waals surface area contributed by atoms with Gasteiger partial charge in [0.15, 0.2) is 0 Å². The maximum atomic E-state index is 3.53. The molecule has 0 amide bonds. The van der Waals surface area contributed by atoms with E-state index in [4.69, 9.17) is 0 Å².